The van der Waals surface area contributed by atoms with Gasteiger partial charge in [0.15, 0.2) is 0 Å². The van der Waals surface area contributed by atoms with Gasteiger partial charge in [0.05, 0.1) is 6.20 Å². The van der Waals surface area contributed by atoms with Crippen LogP contribution in [0.1, 0.15) is 60.5 Å². The van der Waals surface area contributed by atoms with Crippen LogP contribution in [0.25, 0.3) is 11.4 Å². The highest BCUT2D eigenvalue weighted by Gasteiger charge is 2.34. The Bertz CT molecular complexity index is 605. The molecule has 2 rings (SSSR count). The van der Waals surface area contributed by atoms with E-state index >= 15 is 0 Å². The molecule has 4 heteroatoms. The first-order valence-corrected chi connectivity index (χ1v) is 8.83. The van der Waals surface area contributed by atoms with Gasteiger partial charge in [0.1, 0.15) is 12.0 Å². The summed E-state index contributed by atoms with van der Waals surface area (Å²) in [6, 6.07) is 7.52. The number of nitrogens with zero attached hydrogens (tertiary/aromatic N) is 2. The van der Waals surface area contributed by atoms with Gasteiger partial charge in [0.25, 0.3) is 0 Å². The van der Waals surface area contributed by atoms with Gasteiger partial charge in [-0.15, -0.1) is 0 Å². The fourth-order valence-electron chi connectivity index (χ4n) is 2.50. The van der Waals surface area contributed by atoms with Gasteiger partial charge in [-0.1, -0.05) is 65.8 Å². The average molecular weight is 338 g/mol. The third kappa shape index (κ3) is 4.43. The zero-order chi connectivity index (χ0) is 18.9. The molecular weight excluding hydrogens is 306 g/mol. The van der Waals surface area contributed by atoms with Gasteiger partial charge in [-0.25, -0.2) is 9.37 Å². The lowest BCUT2D eigenvalue weighted by Gasteiger charge is -2.32. The van der Waals surface area contributed by atoms with Crippen LogP contribution in [-0.4, -0.2) is 15.7 Å². The van der Waals surface area contributed by atoms with Crippen LogP contribution in [0, 0.1) is 5.95 Å². The van der Waals surface area contributed by atoms with Gasteiger partial charge in [-0.05, 0) is 18.9 Å². The number of hydrogen-bond donors (Lipinski definition) is 0. The summed E-state index contributed by atoms with van der Waals surface area (Å²) in [5, 5.41) is 0. The predicted octanol–water partition coefficient (Wildman–Crippen LogP) is 6.30. The molecule has 1 aromatic carbocycles. The van der Waals surface area contributed by atoms with Crippen LogP contribution in [0.3, 0.4) is 0 Å². The van der Waals surface area contributed by atoms with E-state index in [9.17, 15) is 8.78 Å². The molecule has 0 aliphatic rings. The van der Waals surface area contributed by atoms with E-state index in [1.165, 1.54) is 10.8 Å². The zero-order valence-electron chi connectivity index (χ0n) is 16.3. The molecule has 0 spiro atoms. The lowest BCUT2D eigenvalue weighted by molar-refractivity contribution is 0.214. The SMILES string of the molecule is CC.CC.CCC(C)(c1ccccc1-c1ncc(F)n1C)[C@@H](C)F. The van der Waals surface area contributed by atoms with Gasteiger partial charge in [-0.3, -0.25) is 0 Å². The summed E-state index contributed by atoms with van der Waals surface area (Å²) in [5.41, 5.74) is 1.04. The Balaban J connectivity index is 0.00000123. The molecule has 2 aromatic rings. The Hall–Kier alpha value is -1.71. The molecule has 0 saturated carbocycles. The van der Waals surface area contributed by atoms with Crippen molar-refractivity contribution in [2.24, 2.45) is 7.05 Å². The van der Waals surface area contributed by atoms with Crippen molar-refractivity contribution in [3.05, 3.63) is 42.0 Å². The quantitative estimate of drug-likeness (QED) is 0.639. The summed E-state index contributed by atoms with van der Waals surface area (Å²) >= 11 is 0. The number of benzene rings is 1. The molecule has 0 bridgehead atoms. The number of halogens is 2. The van der Waals surface area contributed by atoms with E-state index in [4.69, 9.17) is 0 Å². The van der Waals surface area contributed by atoms with Gasteiger partial charge in [0.2, 0.25) is 5.95 Å². The average Bonchev–Trinajstić information content (AvgIpc) is 2.96. The van der Waals surface area contributed by atoms with Crippen LogP contribution in [0.15, 0.2) is 30.5 Å². The Morgan fingerprint density at radius 3 is 2.12 bits per heavy atom. The Labute approximate surface area is 145 Å². The molecule has 1 aromatic heterocycles. The van der Waals surface area contributed by atoms with Crippen LogP contribution in [0.2, 0.25) is 0 Å². The summed E-state index contributed by atoms with van der Waals surface area (Å²) < 4.78 is 29.0. The van der Waals surface area contributed by atoms with Crippen molar-refractivity contribution in [3.8, 4) is 11.4 Å². The second kappa shape index (κ2) is 10.2. The maximum Gasteiger partial charge on any atom is 0.213 e. The maximum atomic E-state index is 14.1. The van der Waals surface area contributed by atoms with E-state index < -0.39 is 17.5 Å². The minimum atomic E-state index is -1.00. The molecule has 0 amide bonds. The van der Waals surface area contributed by atoms with Gasteiger partial charge in [-0.2, -0.15) is 4.39 Å². The fraction of sp³-hybridized carbons (Fsp3) is 0.550. The van der Waals surface area contributed by atoms with Crippen LogP contribution < -0.4 is 0 Å². The van der Waals surface area contributed by atoms with Crippen molar-refractivity contribution < 1.29 is 8.78 Å². The highest BCUT2D eigenvalue weighted by Crippen LogP contribution is 2.38. The number of imidazole rings is 1. The minimum absolute atomic E-state index is 0.402. The number of aromatic nitrogens is 2. The second-order valence-electron chi connectivity index (χ2n) is 5.40. The molecule has 136 valence electrons. The first-order chi connectivity index (χ1) is 11.4. The number of rotatable bonds is 4. The predicted molar refractivity (Wildman–Crippen MR) is 99.5 cm³/mol. The van der Waals surface area contributed by atoms with Crippen molar-refractivity contribution in [2.45, 2.75) is 66.5 Å². The standard InChI is InChI=1S/C16H20F2N2.2C2H6/c1-5-16(3,11(2)17)13-9-7-6-8-12(13)15-19-10-14(18)20(15)4;2*1-2/h6-11H,5H2,1-4H3;2*1-2H3/t11-,16?;;/m1../s1. The summed E-state index contributed by atoms with van der Waals surface area (Å²) in [5.74, 6) is 0.125. The molecule has 24 heavy (non-hydrogen) atoms. The molecule has 1 heterocycles. The molecule has 0 aliphatic heterocycles. The molecule has 0 saturated heterocycles. The van der Waals surface area contributed by atoms with E-state index in [0.29, 0.717) is 12.2 Å². The number of alkyl halides is 1. The van der Waals surface area contributed by atoms with Crippen molar-refractivity contribution in [2.75, 3.05) is 0 Å². The summed E-state index contributed by atoms with van der Waals surface area (Å²) in [6.07, 6.45) is 0.849. The van der Waals surface area contributed by atoms with Crippen molar-refractivity contribution >= 4 is 0 Å². The van der Waals surface area contributed by atoms with Crippen molar-refractivity contribution in [3.63, 3.8) is 0 Å². The van der Waals surface area contributed by atoms with Gasteiger partial charge in [0, 0.05) is 18.0 Å². The van der Waals surface area contributed by atoms with Crippen LogP contribution in [0.5, 0.6) is 0 Å². The topological polar surface area (TPSA) is 17.8 Å². The Morgan fingerprint density at radius 1 is 1.17 bits per heavy atom. The first kappa shape index (κ1) is 22.3. The largest absolute Gasteiger partial charge is 0.304 e. The van der Waals surface area contributed by atoms with E-state index in [2.05, 4.69) is 4.98 Å². The summed E-state index contributed by atoms with van der Waals surface area (Å²) in [4.78, 5) is 4.12. The Kier molecular flexibility index (Phi) is 9.49. The Morgan fingerprint density at radius 2 is 1.71 bits per heavy atom. The lowest BCUT2D eigenvalue weighted by Crippen LogP contribution is -2.31. The van der Waals surface area contributed by atoms with Crippen molar-refractivity contribution in [1.82, 2.24) is 9.55 Å². The molecule has 1 unspecified atom stereocenters. The molecular formula is C20H32F2N2. The highest BCUT2D eigenvalue weighted by atomic mass is 19.1. The van der Waals surface area contributed by atoms with E-state index in [-0.39, 0.29) is 0 Å². The van der Waals surface area contributed by atoms with Gasteiger partial charge < -0.3 is 4.57 Å². The van der Waals surface area contributed by atoms with Crippen LogP contribution in [0.4, 0.5) is 8.78 Å². The smallest absolute Gasteiger partial charge is 0.213 e. The highest BCUT2D eigenvalue weighted by molar-refractivity contribution is 5.63. The third-order valence-electron chi connectivity index (χ3n) is 4.33. The molecule has 0 N–H and O–H groups in total. The molecule has 0 radical (unpaired) electrons. The maximum absolute atomic E-state index is 14.1. The normalized spacial score (nSPS) is 13.8. The van der Waals surface area contributed by atoms with Crippen LogP contribution >= 0.6 is 0 Å². The molecule has 2 atom stereocenters. The summed E-state index contributed by atoms with van der Waals surface area (Å²) in [6.45, 7) is 13.4. The third-order valence-corrected chi connectivity index (χ3v) is 4.33. The monoisotopic (exact) mass is 338 g/mol. The minimum Gasteiger partial charge on any atom is -0.304 e. The fourth-order valence-corrected chi connectivity index (χ4v) is 2.50. The molecule has 0 fully saturated rings. The molecule has 2 nitrogen and oxygen atoms in total. The van der Waals surface area contributed by atoms with E-state index in [1.807, 2.05) is 65.8 Å². The molecule has 0 aliphatic carbocycles. The zero-order valence-corrected chi connectivity index (χ0v) is 16.3. The summed E-state index contributed by atoms with van der Waals surface area (Å²) in [7, 11) is 1.62. The van der Waals surface area contributed by atoms with E-state index in [1.54, 1.807) is 14.0 Å². The lowest BCUT2D eigenvalue weighted by atomic mass is 9.74. The van der Waals surface area contributed by atoms with Gasteiger partial charge >= 0.3 is 0 Å². The number of hydrogen-bond acceptors (Lipinski definition) is 1. The van der Waals surface area contributed by atoms with Crippen LogP contribution in [-0.2, 0) is 12.5 Å². The van der Waals surface area contributed by atoms with Crippen molar-refractivity contribution in [1.29, 1.82) is 0 Å². The van der Waals surface area contributed by atoms with E-state index in [0.717, 1.165) is 11.1 Å². The first-order valence-electron chi connectivity index (χ1n) is 8.83. The second-order valence-corrected chi connectivity index (χ2v) is 5.40.